The fourth-order valence-electron chi connectivity index (χ4n) is 1.73. The SMILES string of the molecule is COc1ccc(Oc2cc(OC)ccc2C(N)=S)c(Br)c1. The number of nitrogens with two attached hydrogens (primary N) is 1. The van der Waals surface area contributed by atoms with Crippen LogP contribution in [-0.4, -0.2) is 19.2 Å². The minimum absolute atomic E-state index is 0.261. The van der Waals surface area contributed by atoms with Gasteiger partial charge in [0.05, 0.1) is 24.3 Å². The molecule has 0 aliphatic rings. The summed E-state index contributed by atoms with van der Waals surface area (Å²) >= 11 is 8.49. The number of hydrogen-bond acceptors (Lipinski definition) is 4. The van der Waals surface area contributed by atoms with Crippen LogP contribution in [0.4, 0.5) is 0 Å². The van der Waals surface area contributed by atoms with Crippen LogP contribution in [0, 0.1) is 0 Å². The summed E-state index contributed by atoms with van der Waals surface area (Å²) in [6.07, 6.45) is 0. The van der Waals surface area contributed by atoms with E-state index in [1.165, 1.54) is 0 Å². The first kappa shape index (κ1) is 15.6. The summed E-state index contributed by atoms with van der Waals surface area (Å²) in [7, 11) is 3.19. The van der Waals surface area contributed by atoms with Crippen molar-refractivity contribution in [2.24, 2.45) is 5.73 Å². The molecule has 0 radical (unpaired) electrons. The highest BCUT2D eigenvalue weighted by Crippen LogP contribution is 2.35. The summed E-state index contributed by atoms with van der Waals surface area (Å²) in [5.41, 5.74) is 6.37. The van der Waals surface area contributed by atoms with Crippen LogP contribution in [0.1, 0.15) is 5.56 Å². The third-order valence-corrected chi connectivity index (χ3v) is 3.65. The maximum Gasteiger partial charge on any atom is 0.141 e. The van der Waals surface area contributed by atoms with E-state index in [1.807, 2.05) is 6.07 Å². The van der Waals surface area contributed by atoms with E-state index in [2.05, 4.69) is 15.9 Å². The molecule has 2 aromatic rings. The fraction of sp³-hybridized carbons (Fsp3) is 0.133. The molecule has 2 aromatic carbocycles. The van der Waals surface area contributed by atoms with E-state index in [-0.39, 0.29) is 4.99 Å². The second-order valence-electron chi connectivity index (χ2n) is 4.12. The molecule has 0 unspecified atom stereocenters. The molecule has 0 bridgehead atoms. The van der Waals surface area contributed by atoms with E-state index in [1.54, 1.807) is 44.6 Å². The van der Waals surface area contributed by atoms with Crippen molar-refractivity contribution in [3.05, 3.63) is 46.4 Å². The summed E-state index contributed by atoms with van der Waals surface area (Å²) < 4.78 is 17.0. The number of hydrogen-bond donors (Lipinski definition) is 1. The molecule has 4 nitrogen and oxygen atoms in total. The maximum absolute atomic E-state index is 5.89. The summed E-state index contributed by atoms with van der Waals surface area (Å²) in [5.74, 6) is 2.55. The highest BCUT2D eigenvalue weighted by molar-refractivity contribution is 9.10. The minimum atomic E-state index is 0.261. The van der Waals surface area contributed by atoms with Crippen molar-refractivity contribution in [1.29, 1.82) is 0 Å². The molecule has 0 atom stereocenters. The van der Waals surface area contributed by atoms with Crippen LogP contribution in [0.2, 0.25) is 0 Å². The van der Waals surface area contributed by atoms with Crippen LogP contribution < -0.4 is 19.9 Å². The molecular weight excluding hydrogens is 354 g/mol. The van der Waals surface area contributed by atoms with Gasteiger partial charge in [-0.25, -0.2) is 0 Å². The van der Waals surface area contributed by atoms with Crippen molar-refractivity contribution in [3.63, 3.8) is 0 Å². The molecule has 0 amide bonds. The van der Waals surface area contributed by atoms with Crippen LogP contribution in [0.3, 0.4) is 0 Å². The molecule has 0 spiro atoms. The van der Waals surface area contributed by atoms with Crippen LogP contribution in [0.25, 0.3) is 0 Å². The van der Waals surface area contributed by atoms with E-state index < -0.39 is 0 Å². The molecule has 0 saturated carbocycles. The van der Waals surface area contributed by atoms with Crippen molar-refractivity contribution < 1.29 is 14.2 Å². The Morgan fingerprint density at radius 1 is 1.00 bits per heavy atom. The van der Waals surface area contributed by atoms with Crippen LogP contribution in [-0.2, 0) is 0 Å². The smallest absolute Gasteiger partial charge is 0.141 e. The standard InChI is InChI=1S/C15H14BrNO3S/c1-18-9-4-6-13(12(16)7-9)20-14-8-10(19-2)3-5-11(14)15(17)21/h3-8H,1-2H3,(H2,17,21). The predicted octanol–water partition coefficient (Wildman–Crippen LogP) is 3.89. The molecule has 0 fully saturated rings. The number of thiocarbonyl (C=S) groups is 1. The van der Waals surface area contributed by atoms with E-state index in [0.29, 0.717) is 22.8 Å². The molecule has 0 aliphatic heterocycles. The molecular formula is C15H14BrNO3S. The Kier molecular flexibility index (Phi) is 5.03. The first-order chi connectivity index (χ1) is 10.0. The fourth-order valence-corrected chi connectivity index (χ4v) is 2.33. The van der Waals surface area contributed by atoms with E-state index in [0.717, 1.165) is 10.2 Å². The van der Waals surface area contributed by atoms with Gasteiger partial charge in [0.1, 0.15) is 28.0 Å². The Morgan fingerprint density at radius 3 is 2.19 bits per heavy atom. The summed E-state index contributed by atoms with van der Waals surface area (Å²) in [5, 5.41) is 0. The van der Waals surface area contributed by atoms with Crippen molar-refractivity contribution in [2.75, 3.05) is 14.2 Å². The van der Waals surface area contributed by atoms with Crippen molar-refractivity contribution in [1.82, 2.24) is 0 Å². The quantitative estimate of drug-likeness (QED) is 0.812. The molecule has 0 aliphatic carbocycles. The van der Waals surface area contributed by atoms with Gasteiger partial charge in [-0.3, -0.25) is 0 Å². The number of rotatable bonds is 5. The normalized spacial score (nSPS) is 10.0. The molecule has 2 N–H and O–H groups in total. The van der Waals surface area contributed by atoms with Crippen LogP contribution >= 0.6 is 28.1 Å². The maximum atomic E-state index is 5.89. The molecule has 0 heterocycles. The molecule has 2 rings (SSSR count). The highest BCUT2D eigenvalue weighted by atomic mass is 79.9. The molecule has 0 saturated heterocycles. The summed E-state index contributed by atoms with van der Waals surface area (Å²) in [6.45, 7) is 0. The van der Waals surface area contributed by atoms with Crippen molar-refractivity contribution in [2.45, 2.75) is 0 Å². The Morgan fingerprint density at radius 2 is 1.62 bits per heavy atom. The molecule has 110 valence electrons. The lowest BCUT2D eigenvalue weighted by Crippen LogP contribution is -2.10. The summed E-state index contributed by atoms with van der Waals surface area (Å²) in [4.78, 5) is 0.261. The van der Waals surface area contributed by atoms with Gasteiger partial charge >= 0.3 is 0 Å². The number of halogens is 1. The lowest BCUT2D eigenvalue weighted by molar-refractivity contribution is 0.406. The molecule has 21 heavy (non-hydrogen) atoms. The largest absolute Gasteiger partial charge is 0.497 e. The second kappa shape index (κ2) is 6.78. The molecule has 0 aromatic heterocycles. The third kappa shape index (κ3) is 3.65. The van der Waals surface area contributed by atoms with E-state index >= 15 is 0 Å². The van der Waals surface area contributed by atoms with Gasteiger partial charge in [0.15, 0.2) is 0 Å². The Hall–Kier alpha value is -1.79. The van der Waals surface area contributed by atoms with Crippen LogP contribution in [0.15, 0.2) is 40.9 Å². The predicted molar refractivity (Wildman–Crippen MR) is 89.6 cm³/mol. The van der Waals surface area contributed by atoms with Gasteiger partial charge in [0.25, 0.3) is 0 Å². The zero-order valence-corrected chi connectivity index (χ0v) is 14.0. The Bertz CT molecular complexity index is 676. The zero-order chi connectivity index (χ0) is 15.4. The van der Waals surface area contributed by atoms with Gasteiger partial charge in [0.2, 0.25) is 0 Å². The highest BCUT2D eigenvalue weighted by Gasteiger charge is 2.11. The van der Waals surface area contributed by atoms with Crippen LogP contribution in [0.5, 0.6) is 23.0 Å². The Balaban J connectivity index is 2.40. The second-order valence-corrected chi connectivity index (χ2v) is 5.42. The number of methoxy groups -OCH3 is 2. The van der Waals surface area contributed by atoms with E-state index in [9.17, 15) is 0 Å². The van der Waals surface area contributed by atoms with Crippen molar-refractivity contribution >= 4 is 33.1 Å². The average molecular weight is 368 g/mol. The third-order valence-electron chi connectivity index (χ3n) is 2.81. The summed E-state index contributed by atoms with van der Waals surface area (Å²) in [6, 6.07) is 10.7. The lowest BCUT2D eigenvalue weighted by Gasteiger charge is -2.13. The number of benzene rings is 2. The van der Waals surface area contributed by atoms with E-state index in [4.69, 9.17) is 32.2 Å². The Labute approximate surface area is 136 Å². The average Bonchev–Trinajstić information content (AvgIpc) is 2.48. The first-order valence-corrected chi connectivity index (χ1v) is 7.24. The van der Waals surface area contributed by atoms with Gasteiger partial charge in [-0.1, -0.05) is 12.2 Å². The van der Waals surface area contributed by atoms with Gasteiger partial charge in [-0.15, -0.1) is 0 Å². The van der Waals surface area contributed by atoms with Gasteiger partial charge in [0, 0.05) is 6.07 Å². The molecule has 6 heteroatoms. The zero-order valence-electron chi connectivity index (χ0n) is 11.6. The lowest BCUT2D eigenvalue weighted by atomic mass is 10.2. The minimum Gasteiger partial charge on any atom is -0.497 e. The van der Waals surface area contributed by atoms with Crippen molar-refractivity contribution in [3.8, 4) is 23.0 Å². The van der Waals surface area contributed by atoms with Gasteiger partial charge in [-0.2, -0.15) is 0 Å². The topological polar surface area (TPSA) is 53.7 Å². The number of ether oxygens (including phenoxy) is 3. The van der Waals surface area contributed by atoms with Gasteiger partial charge in [-0.05, 0) is 46.3 Å². The monoisotopic (exact) mass is 367 g/mol. The first-order valence-electron chi connectivity index (χ1n) is 6.04. The van der Waals surface area contributed by atoms with Gasteiger partial charge < -0.3 is 19.9 Å².